The number of nitro benzene ring substituents is 1. The van der Waals surface area contributed by atoms with Crippen molar-refractivity contribution in [1.82, 2.24) is 10.7 Å². The van der Waals surface area contributed by atoms with Crippen LogP contribution in [0.3, 0.4) is 0 Å². The lowest BCUT2D eigenvalue weighted by Gasteiger charge is -2.17. The number of hydrogen-bond acceptors (Lipinski definition) is 7. The minimum atomic E-state index is -0.879. The lowest BCUT2D eigenvalue weighted by atomic mass is 10.2. The Bertz CT molecular complexity index is 1220. The third kappa shape index (κ3) is 9.08. The van der Waals surface area contributed by atoms with Crippen molar-refractivity contribution in [3.05, 3.63) is 106 Å². The highest BCUT2D eigenvalue weighted by atomic mass is 32.2. The maximum absolute atomic E-state index is 12.9. The molecule has 192 valence electrons. The fraction of sp³-hybridized carbons (Fsp3) is 0.222. The first kappa shape index (κ1) is 27.4. The van der Waals surface area contributed by atoms with Crippen molar-refractivity contribution in [2.75, 3.05) is 5.75 Å². The van der Waals surface area contributed by atoms with Crippen molar-refractivity contribution in [3.63, 3.8) is 0 Å². The van der Waals surface area contributed by atoms with E-state index in [-0.39, 0.29) is 17.4 Å². The van der Waals surface area contributed by atoms with E-state index in [1.54, 1.807) is 0 Å². The van der Waals surface area contributed by atoms with Crippen LogP contribution < -0.4 is 15.5 Å². The highest BCUT2D eigenvalue weighted by Crippen LogP contribution is 2.15. The number of nitro groups is 1. The average molecular weight is 521 g/mol. The summed E-state index contributed by atoms with van der Waals surface area (Å²) in [5.74, 6) is 0.704. The molecule has 3 rings (SSSR count). The lowest BCUT2D eigenvalue weighted by molar-refractivity contribution is -0.384. The molecule has 3 aromatic carbocycles. The molecule has 0 bridgehead atoms. The zero-order chi connectivity index (χ0) is 26.6. The van der Waals surface area contributed by atoms with E-state index in [1.165, 1.54) is 42.2 Å². The third-order valence-corrected chi connectivity index (χ3v) is 6.10. The van der Waals surface area contributed by atoms with Gasteiger partial charge in [0.15, 0.2) is 0 Å². The molecule has 3 aromatic rings. The second-order valence-electron chi connectivity index (χ2n) is 8.30. The highest BCUT2D eigenvalue weighted by molar-refractivity contribution is 7.98. The van der Waals surface area contributed by atoms with Gasteiger partial charge in [-0.05, 0) is 61.4 Å². The number of hydrazone groups is 1. The lowest BCUT2D eigenvalue weighted by Crippen LogP contribution is -2.47. The summed E-state index contributed by atoms with van der Waals surface area (Å²) in [4.78, 5) is 36.0. The number of hydrogen-bond donors (Lipinski definition) is 2. The molecule has 0 aliphatic heterocycles. The van der Waals surface area contributed by atoms with Crippen LogP contribution in [0, 0.1) is 10.1 Å². The molecule has 9 nitrogen and oxygen atoms in total. The molecule has 0 aromatic heterocycles. The first-order valence-electron chi connectivity index (χ1n) is 11.6. The number of rotatable bonds is 12. The highest BCUT2D eigenvalue weighted by Gasteiger charge is 2.22. The Morgan fingerprint density at radius 1 is 1.03 bits per heavy atom. The van der Waals surface area contributed by atoms with Crippen LogP contribution in [0.4, 0.5) is 5.69 Å². The zero-order valence-corrected chi connectivity index (χ0v) is 21.3. The summed E-state index contributed by atoms with van der Waals surface area (Å²) in [5.41, 5.74) is 4.44. The maximum Gasteiger partial charge on any atom is 0.269 e. The van der Waals surface area contributed by atoms with E-state index in [0.717, 1.165) is 16.9 Å². The Kier molecular flexibility index (Phi) is 10.2. The Morgan fingerprint density at radius 3 is 2.32 bits per heavy atom. The number of nitrogens with zero attached hydrogens (tertiary/aromatic N) is 2. The van der Waals surface area contributed by atoms with Crippen molar-refractivity contribution in [3.8, 4) is 5.75 Å². The fourth-order valence-corrected chi connectivity index (χ4v) is 4.20. The van der Waals surface area contributed by atoms with Crippen LogP contribution in [0.5, 0.6) is 5.75 Å². The predicted octanol–water partition coefficient (Wildman–Crippen LogP) is 4.56. The summed E-state index contributed by atoms with van der Waals surface area (Å²) in [6, 6.07) is 21.4. The van der Waals surface area contributed by atoms with Gasteiger partial charge in [0.25, 0.3) is 17.5 Å². The number of ether oxygens (including phenoxy) is 1. The SMILES string of the molecule is CC(C)Oc1ccc(/C=N\NC(=O)[C@H](CSCc2ccccc2)NC(=O)c2ccc([N+](=O)[O-])cc2)cc1. The van der Waals surface area contributed by atoms with Crippen LogP contribution in [0.2, 0.25) is 0 Å². The van der Waals surface area contributed by atoms with Gasteiger partial charge in [0, 0.05) is 29.2 Å². The Balaban J connectivity index is 1.64. The van der Waals surface area contributed by atoms with Gasteiger partial charge in [0.1, 0.15) is 11.8 Å². The quantitative estimate of drug-likeness (QED) is 0.205. The van der Waals surface area contributed by atoms with E-state index in [2.05, 4.69) is 15.8 Å². The van der Waals surface area contributed by atoms with Gasteiger partial charge in [0.2, 0.25) is 0 Å². The molecule has 10 heteroatoms. The molecule has 2 N–H and O–H groups in total. The maximum atomic E-state index is 12.9. The number of nitrogens with one attached hydrogen (secondary N) is 2. The fourth-order valence-electron chi connectivity index (χ4n) is 3.18. The van der Waals surface area contributed by atoms with E-state index >= 15 is 0 Å². The van der Waals surface area contributed by atoms with Crippen molar-refractivity contribution in [2.45, 2.75) is 31.7 Å². The van der Waals surface area contributed by atoms with E-state index in [9.17, 15) is 19.7 Å². The number of benzene rings is 3. The number of thioether (sulfide) groups is 1. The molecule has 37 heavy (non-hydrogen) atoms. The normalized spacial score (nSPS) is 11.8. The number of carbonyl (C=O) groups excluding carboxylic acids is 2. The average Bonchev–Trinajstić information content (AvgIpc) is 2.89. The summed E-state index contributed by atoms with van der Waals surface area (Å²) in [6.45, 7) is 3.89. The zero-order valence-electron chi connectivity index (χ0n) is 20.5. The molecular weight excluding hydrogens is 492 g/mol. The van der Waals surface area contributed by atoms with Gasteiger partial charge in [-0.2, -0.15) is 16.9 Å². The molecule has 0 spiro atoms. The van der Waals surface area contributed by atoms with Gasteiger partial charge in [-0.3, -0.25) is 19.7 Å². The molecule has 0 fully saturated rings. The molecule has 0 unspecified atom stereocenters. The molecule has 0 aliphatic rings. The predicted molar refractivity (Wildman–Crippen MR) is 145 cm³/mol. The molecule has 0 heterocycles. The van der Waals surface area contributed by atoms with Gasteiger partial charge in [-0.15, -0.1) is 0 Å². The monoisotopic (exact) mass is 520 g/mol. The Labute approximate surface area is 219 Å². The second kappa shape index (κ2) is 13.8. The van der Waals surface area contributed by atoms with E-state index in [4.69, 9.17) is 4.74 Å². The van der Waals surface area contributed by atoms with Crippen molar-refractivity contribution < 1.29 is 19.2 Å². The molecule has 0 aliphatic carbocycles. The number of amides is 2. The smallest absolute Gasteiger partial charge is 0.269 e. The first-order valence-corrected chi connectivity index (χ1v) is 12.7. The minimum absolute atomic E-state index is 0.0664. The summed E-state index contributed by atoms with van der Waals surface area (Å²) < 4.78 is 5.61. The molecular formula is C27H28N4O5S. The summed E-state index contributed by atoms with van der Waals surface area (Å²) in [6.07, 6.45) is 1.57. The van der Waals surface area contributed by atoms with Crippen LogP contribution in [-0.2, 0) is 10.5 Å². The second-order valence-corrected chi connectivity index (χ2v) is 9.33. The van der Waals surface area contributed by atoms with Crippen LogP contribution >= 0.6 is 11.8 Å². The third-order valence-electron chi connectivity index (χ3n) is 5.00. The van der Waals surface area contributed by atoms with E-state index < -0.39 is 22.8 Å². The van der Waals surface area contributed by atoms with Crippen LogP contribution in [-0.4, -0.2) is 40.9 Å². The summed E-state index contributed by atoms with van der Waals surface area (Å²) >= 11 is 1.49. The van der Waals surface area contributed by atoms with Gasteiger partial charge in [0.05, 0.1) is 17.2 Å². The first-order chi connectivity index (χ1) is 17.8. The minimum Gasteiger partial charge on any atom is -0.491 e. The molecule has 0 saturated heterocycles. The van der Waals surface area contributed by atoms with Gasteiger partial charge < -0.3 is 10.1 Å². The Hall–Kier alpha value is -4.18. The van der Waals surface area contributed by atoms with Gasteiger partial charge in [-0.25, -0.2) is 5.43 Å². The molecule has 0 saturated carbocycles. The largest absolute Gasteiger partial charge is 0.491 e. The van der Waals surface area contributed by atoms with Crippen LogP contribution in [0.25, 0.3) is 0 Å². The van der Waals surface area contributed by atoms with E-state index in [1.807, 2.05) is 68.4 Å². The van der Waals surface area contributed by atoms with Crippen molar-refractivity contribution in [1.29, 1.82) is 0 Å². The molecule has 0 radical (unpaired) electrons. The van der Waals surface area contributed by atoms with E-state index in [0.29, 0.717) is 11.5 Å². The van der Waals surface area contributed by atoms with Crippen molar-refractivity contribution >= 4 is 35.5 Å². The standard InChI is InChI=1S/C27H28N4O5S/c1-19(2)36-24-14-8-20(9-15-24)16-28-30-27(33)25(18-37-17-21-6-4-3-5-7-21)29-26(32)22-10-12-23(13-11-22)31(34)35/h3-16,19,25H,17-18H2,1-2H3,(H,29,32)(H,30,33)/b28-16-/t25-/m0/s1. The number of non-ortho nitro benzene ring substituents is 1. The summed E-state index contributed by atoms with van der Waals surface area (Å²) in [5, 5.41) is 17.6. The van der Waals surface area contributed by atoms with Gasteiger partial charge >= 0.3 is 0 Å². The molecule has 1 atom stereocenters. The van der Waals surface area contributed by atoms with Gasteiger partial charge in [-0.1, -0.05) is 30.3 Å². The number of carbonyl (C=O) groups is 2. The summed E-state index contributed by atoms with van der Waals surface area (Å²) in [7, 11) is 0. The van der Waals surface area contributed by atoms with Crippen LogP contribution in [0.1, 0.15) is 35.3 Å². The van der Waals surface area contributed by atoms with Crippen LogP contribution in [0.15, 0.2) is 84.0 Å². The topological polar surface area (TPSA) is 123 Å². The molecule has 2 amide bonds. The van der Waals surface area contributed by atoms with Crippen molar-refractivity contribution in [2.24, 2.45) is 5.10 Å². The Morgan fingerprint density at radius 2 is 1.70 bits per heavy atom.